The summed E-state index contributed by atoms with van der Waals surface area (Å²) in [5.74, 6) is 0.481. The zero-order valence-electron chi connectivity index (χ0n) is 14.8. The molecule has 0 saturated heterocycles. The summed E-state index contributed by atoms with van der Waals surface area (Å²) >= 11 is 0. The molecule has 0 bridgehead atoms. The van der Waals surface area contributed by atoms with E-state index in [-0.39, 0.29) is 5.91 Å². The van der Waals surface area contributed by atoms with Crippen molar-refractivity contribution in [2.75, 3.05) is 7.05 Å². The van der Waals surface area contributed by atoms with Gasteiger partial charge in [-0.25, -0.2) is 0 Å². The number of hydrogen-bond donors (Lipinski definition) is 1. The molecule has 0 saturated carbocycles. The van der Waals surface area contributed by atoms with Crippen LogP contribution in [0.3, 0.4) is 0 Å². The van der Waals surface area contributed by atoms with E-state index in [1.54, 1.807) is 18.1 Å². The first-order valence-corrected chi connectivity index (χ1v) is 8.57. The van der Waals surface area contributed by atoms with Gasteiger partial charge in [0.1, 0.15) is 5.69 Å². The lowest BCUT2D eigenvalue weighted by Gasteiger charge is -2.15. The van der Waals surface area contributed by atoms with E-state index in [1.807, 2.05) is 66.7 Å². The number of nitrogens with zero attached hydrogens (tertiary/aromatic N) is 3. The number of carbonyl (C=O) groups excluding carboxylic acids is 1. The van der Waals surface area contributed by atoms with E-state index in [9.17, 15) is 4.79 Å². The van der Waals surface area contributed by atoms with Crippen LogP contribution in [0, 0.1) is 0 Å². The van der Waals surface area contributed by atoms with Gasteiger partial charge in [-0.1, -0.05) is 65.8 Å². The number of aromatic amines is 1. The lowest BCUT2D eigenvalue weighted by atomic mass is 10.1. The van der Waals surface area contributed by atoms with Gasteiger partial charge in [0.2, 0.25) is 0 Å². The van der Waals surface area contributed by atoms with Crippen LogP contribution in [-0.4, -0.2) is 33.2 Å². The minimum atomic E-state index is -0.139. The SMILES string of the molecule is CN(Cc1cc(-c2ccccc2)no1)C(=O)c1cn[nH]c1-c1ccccc1. The number of carbonyl (C=O) groups is 1. The first kappa shape index (κ1) is 16.8. The maximum Gasteiger partial charge on any atom is 0.257 e. The van der Waals surface area contributed by atoms with Crippen LogP contribution < -0.4 is 0 Å². The van der Waals surface area contributed by atoms with Gasteiger partial charge in [0.15, 0.2) is 5.76 Å². The van der Waals surface area contributed by atoms with Crippen LogP contribution in [0.25, 0.3) is 22.5 Å². The fourth-order valence-electron chi connectivity index (χ4n) is 2.92. The molecule has 4 rings (SSSR count). The summed E-state index contributed by atoms with van der Waals surface area (Å²) in [6, 6.07) is 21.3. The average Bonchev–Trinajstić information content (AvgIpc) is 3.38. The monoisotopic (exact) mass is 358 g/mol. The first-order valence-electron chi connectivity index (χ1n) is 8.57. The number of aromatic nitrogens is 3. The molecule has 6 nitrogen and oxygen atoms in total. The molecule has 1 N–H and O–H groups in total. The van der Waals surface area contributed by atoms with Crippen molar-refractivity contribution in [3.05, 3.63) is 84.3 Å². The molecule has 0 atom stereocenters. The highest BCUT2D eigenvalue weighted by Crippen LogP contribution is 2.23. The van der Waals surface area contributed by atoms with Gasteiger partial charge in [0.05, 0.1) is 24.0 Å². The number of H-pyrrole nitrogens is 1. The van der Waals surface area contributed by atoms with E-state index in [4.69, 9.17) is 4.52 Å². The van der Waals surface area contributed by atoms with E-state index < -0.39 is 0 Å². The zero-order valence-corrected chi connectivity index (χ0v) is 14.8. The Hall–Kier alpha value is -3.67. The number of rotatable bonds is 5. The van der Waals surface area contributed by atoms with E-state index in [1.165, 1.54) is 0 Å². The van der Waals surface area contributed by atoms with Crippen LogP contribution in [0.5, 0.6) is 0 Å². The van der Waals surface area contributed by atoms with E-state index >= 15 is 0 Å². The summed E-state index contributed by atoms with van der Waals surface area (Å²) in [6.45, 7) is 0.318. The minimum absolute atomic E-state index is 0.139. The van der Waals surface area contributed by atoms with Gasteiger partial charge < -0.3 is 9.42 Å². The normalized spacial score (nSPS) is 10.7. The fourth-order valence-corrected chi connectivity index (χ4v) is 2.92. The molecular weight excluding hydrogens is 340 g/mol. The average molecular weight is 358 g/mol. The van der Waals surface area contributed by atoms with Crippen molar-refractivity contribution >= 4 is 5.91 Å². The van der Waals surface area contributed by atoms with Crippen molar-refractivity contribution in [2.24, 2.45) is 0 Å². The van der Waals surface area contributed by atoms with E-state index in [2.05, 4.69) is 15.4 Å². The summed E-state index contributed by atoms with van der Waals surface area (Å²) in [6.07, 6.45) is 1.55. The highest BCUT2D eigenvalue weighted by atomic mass is 16.5. The molecule has 0 radical (unpaired) electrons. The third-order valence-corrected chi connectivity index (χ3v) is 4.30. The number of benzene rings is 2. The van der Waals surface area contributed by atoms with Crippen molar-refractivity contribution in [2.45, 2.75) is 6.54 Å². The molecule has 0 fully saturated rings. The van der Waals surface area contributed by atoms with Gasteiger partial charge in [0.25, 0.3) is 5.91 Å². The van der Waals surface area contributed by atoms with Gasteiger partial charge in [-0.05, 0) is 0 Å². The second kappa shape index (κ2) is 7.29. The van der Waals surface area contributed by atoms with Crippen molar-refractivity contribution < 1.29 is 9.32 Å². The molecule has 4 aromatic rings. The van der Waals surface area contributed by atoms with Gasteiger partial charge in [-0.3, -0.25) is 9.89 Å². The van der Waals surface area contributed by atoms with Gasteiger partial charge in [0, 0.05) is 24.2 Å². The van der Waals surface area contributed by atoms with Crippen LogP contribution in [0.2, 0.25) is 0 Å². The van der Waals surface area contributed by atoms with Crippen molar-refractivity contribution in [3.8, 4) is 22.5 Å². The molecule has 6 heteroatoms. The van der Waals surface area contributed by atoms with Gasteiger partial charge in [-0.15, -0.1) is 0 Å². The Balaban J connectivity index is 1.51. The van der Waals surface area contributed by atoms with Crippen molar-refractivity contribution in [1.29, 1.82) is 0 Å². The molecule has 2 heterocycles. The highest BCUT2D eigenvalue weighted by Gasteiger charge is 2.20. The first-order chi connectivity index (χ1) is 13.2. The Bertz CT molecular complexity index is 1040. The molecule has 2 aromatic heterocycles. The maximum absolute atomic E-state index is 12.9. The molecule has 1 amide bonds. The minimum Gasteiger partial charge on any atom is -0.359 e. The predicted molar refractivity (Wildman–Crippen MR) is 102 cm³/mol. The lowest BCUT2D eigenvalue weighted by Crippen LogP contribution is -2.26. The second-order valence-corrected chi connectivity index (χ2v) is 6.23. The summed E-state index contributed by atoms with van der Waals surface area (Å²) in [5, 5.41) is 11.1. The van der Waals surface area contributed by atoms with Crippen LogP contribution in [0.1, 0.15) is 16.1 Å². The Morgan fingerprint density at radius 2 is 1.70 bits per heavy atom. The summed E-state index contributed by atoms with van der Waals surface area (Å²) in [5.41, 5.74) is 3.86. The van der Waals surface area contributed by atoms with Crippen LogP contribution in [0.15, 0.2) is 77.4 Å². The van der Waals surface area contributed by atoms with Gasteiger partial charge in [-0.2, -0.15) is 5.10 Å². The molecule has 0 unspecified atom stereocenters. The topological polar surface area (TPSA) is 75.0 Å². The Morgan fingerprint density at radius 3 is 2.41 bits per heavy atom. The Morgan fingerprint density at radius 1 is 1.04 bits per heavy atom. The number of amides is 1. The fraction of sp³-hybridized carbons (Fsp3) is 0.0952. The molecule has 0 spiro atoms. The molecule has 134 valence electrons. The summed E-state index contributed by atoms with van der Waals surface area (Å²) in [7, 11) is 1.73. The molecule has 27 heavy (non-hydrogen) atoms. The predicted octanol–water partition coefficient (Wildman–Crippen LogP) is 4.00. The van der Waals surface area contributed by atoms with Crippen molar-refractivity contribution in [1.82, 2.24) is 20.3 Å². The van der Waals surface area contributed by atoms with E-state index in [0.29, 0.717) is 23.6 Å². The summed E-state index contributed by atoms with van der Waals surface area (Å²) < 4.78 is 5.40. The van der Waals surface area contributed by atoms with Gasteiger partial charge >= 0.3 is 0 Å². The third kappa shape index (κ3) is 3.50. The molecule has 0 aliphatic heterocycles. The standard InChI is InChI=1S/C21H18N4O2/c1-25(14-17-12-19(24-27-17)15-8-4-2-5-9-15)21(26)18-13-22-23-20(18)16-10-6-3-7-11-16/h2-13H,14H2,1H3,(H,22,23). The van der Waals surface area contributed by atoms with Crippen LogP contribution in [0.4, 0.5) is 0 Å². The quantitative estimate of drug-likeness (QED) is 0.585. The number of hydrogen-bond acceptors (Lipinski definition) is 4. The molecule has 2 aromatic carbocycles. The van der Waals surface area contributed by atoms with Crippen LogP contribution >= 0.6 is 0 Å². The van der Waals surface area contributed by atoms with E-state index in [0.717, 1.165) is 16.8 Å². The zero-order chi connectivity index (χ0) is 18.6. The molecule has 0 aliphatic rings. The van der Waals surface area contributed by atoms with Crippen LogP contribution in [-0.2, 0) is 6.54 Å². The Kier molecular flexibility index (Phi) is 4.53. The summed E-state index contributed by atoms with van der Waals surface area (Å²) in [4.78, 5) is 14.5. The number of nitrogens with one attached hydrogen (secondary N) is 1. The maximum atomic E-state index is 12.9. The third-order valence-electron chi connectivity index (χ3n) is 4.30. The second-order valence-electron chi connectivity index (χ2n) is 6.23. The highest BCUT2D eigenvalue weighted by molar-refractivity contribution is 5.99. The molecule has 0 aliphatic carbocycles. The lowest BCUT2D eigenvalue weighted by molar-refractivity contribution is 0.0773. The molecular formula is C21H18N4O2. The van der Waals surface area contributed by atoms with Crippen molar-refractivity contribution in [3.63, 3.8) is 0 Å². The Labute approximate surface area is 156 Å². The smallest absolute Gasteiger partial charge is 0.257 e. The largest absolute Gasteiger partial charge is 0.359 e.